The van der Waals surface area contributed by atoms with Crippen LogP contribution in [0.3, 0.4) is 0 Å². The summed E-state index contributed by atoms with van der Waals surface area (Å²) in [6.45, 7) is 12.8. The number of amides is 1. The van der Waals surface area contributed by atoms with Gasteiger partial charge in [-0.2, -0.15) is 0 Å². The molecule has 0 spiro atoms. The summed E-state index contributed by atoms with van der Waals surface area (Å²) in [5, 5.41) is 47.7. The predicted molar refractivity (Wildman–Crippen MR) is 182 cm³/mol. The smallest absolute Gasteiger partial charge is 0.312 e. The minimum Gasteiger partial charge on any atom is -0.507 e. The molecule has 0 saturated heterocycles. The Labute approximate surface area is 286 Å². The van der Waals surface area contributed by atoms with E-state index in [1.807, 2.05) is 0 Å². The summed E-state index contributed by atoms with van der Waals surface area (Å²) in [5.74, 6) is -6.49. The van der Waals surface area contributed by atoms with E-state index in [1.165, 1.54) is 52.4 Å². The molecule has 0 saturated carbocycles. The Balaban J connectivity index is 1.84. The van der Waals surface area contributed by atoms with Gasteiger partial charge in [-0.25, -0.2) is 0 Å². The lowest BCUT2D eigenvalue weighted by atomic mass is 9.78. The molecule has 0 unspecified atom stereocenters. The number of rotatable bonds is 2. The van der Waals surface area contributed by atoms with Gasteiger partial charge < -0.3 is 44.7 Å². The lowest BCUT2D eigenvalue weighted by Crippen LogP contribution is -2.46. The van der Waals surface area contributed by atoms with Gasteiger partial charge in [0.05, 0.1) is 41.2 Å². The standard InChI is InChI=1S/C37H47NO11/c1-17-11-10-12-18(2)36(45)38-25-14-13-24-27(32(25)43)31(42)22(6)34-28(24)35(44)37(8,49-34)47-16-15-26(46-9)19(3)33(48-23(7)39)21(5)30(41)20(4)29(17)40/h10-17,19-21,26,29-30,33,40-43H,1-9H3,(H,38,45)/b11-10+,16-15+,18-12-/t17-,19-,20-,21-,26+,29+,30-,33-,37+/m1/s1. The second-order valence-corrected chi connectivity index (χ2v) is 13.3. The minimum atomic E-state index is -1.86. The number of anilines is 1. The highest BCUT2D eigenvalue weighted by Crippen LogP contribution is 2.50. The van der Waals surface area contributed by atoms with Crippen LogP contribution in [0.4, 0.5) is 5.69 Å². The van der Waals surface area contributed by atoms with Gasteiger partial charge in [-0.3, -0.25) is 14.4 Å². The van der Waals surface area contributed by atoms with Crippen molar-refractivity contribution in [2.24, 2.45) is 23.7 Å². The summed E-state index contributed by atoms with van der Waals surface area (Å²) < 4.78 is 23.3. The molecule has 49 heavy (non-hydrogen) atoms. The number of carbonyl (C=O) groups is 3. The van der Waals surface area contributed by atoms with E-state index >= 15 is 0 Å². The highest BCUT2D eigenvalue weighted by molar-refractivity contribution is 6.19. The Bertz CT molecular complexity index is 1710. The maximum atomic E-state index is 13.9. The lowest BCUT2D eigenvalue weighted by molar-refractivity contribution is -0.160. The van der Waals surface area contributed by atoms with E-state index in [-0.39, 0.29) is 44.7 Å². The molecular formula is C37H47NO11. The van der Waals surface area contributed by atoms with Crippen LogP contribution in [-0.2, 0) is 23.8 Å². The van der Waals surface area contributed by atoms with Gasteiger partial charge in [-0.1, -0.05) is 52.0 Å². The van der Waals surface area contributed by atoms with Crippen molar-refractivity contribution in [3.05, 3.63) is 59.4 Å². The van der Waals surface area contributed by atoms with Gasteiger partial charge in [-0.05, 0) is 26.0 Å². The molecule has 1 amide bonds. The van der Waals surface area contributed by atoms with Gasteiger partial charge in [0.25, 0.3) is 11.7 Å². The van der Waals surface area contributed by atoms with Crippen LogP contribution in [0, 0.1) is 30.6 Å². The van der Waals surface area contributed by atoms with E-state index in [9.17, 15) is 34.8 Å². The Hall–Kier alpha value is -4.39. The average molecular weight is 682 g/mol. The number of hydrogen-bond donors (Lipinski definition) is 5. The van der Waals surface area contributed by atoms with Gasteiger partial charge in [0.2, 0.25) is 0 Å². The van der Waals surface area contributed by atoms with Crippen molar-refractivity contribution in [2.75, 3.05) is 12.4 Å². The average Bonchev–Trinajstić information content (AvgIpc) is 3.32. The number of esters is 1. The third-order valence-corrected chi connectivity index (χ3v) is 9.76. The zero-order valence-electron chi connectivity index (χ0n) is 29.3. The van der Waals surface area contributed by atoms with Gasteiger partial charge in [0.15, 0.2) is 5.75 Å². The first-order chi connectivity index (χ1) is 22.9. The molecule has 12 heteroatoms. The highest BCUT2D eigenvalue weighted by atomic mass is 16.7. The molecule has 12 nitrogen and oxygen atoms in total. The summed E-state index contributed by atoms with van der Waals surface area (Å²) in [5.41, 5.74) is 0.561. The molecule has 2 aromatic carbocycles. The summed E-state index contributed by atoms with van der Waals surface area (Å²) in [6.07, 6.45) is 3.98. The number of nitrogens with one attached hydrogen (secondary N) is 1. The van der Waals surface area contributed by atoms with Crippen molar-refractivity contribution < 1.29 is 53.8 Å². The summed E-state index contributed by atoms with van der Waals surface area (Å²) in [7, 11) is 1.46. The number of Topliss-reactive ketones (excluding diaryl/α,β-unsaturated/α-hetero) is 1. The van der Waals surface area contributed by atoms with Crippen LogP contribution >= 0.6 is 0 Å². The SMILES string of the molecule is CO[C@H]1/C=C/O[C@@]2(C)Oc3c(C)c(O)c4c(O)c(ccc4c3C2=O)NC(=O)/C(C)=C\C=C\[C@@H](C)[C@H](O)[C@@H](C)[C@@H](O)[C@@H](C)[C@H](OC(C)=O)[C@@H]1C. The van der Waals surface area contributed by atoms with Gasteiger partial charge in [0, 0.05) is 61.2 Å². The van der Waals surface area contributed by atoms with E-state index in [1.54, 1.807) is 52.8 Å². The maximum Gasteiger partial charge on any atom is 0.312 e. The molecular weight excluding hydrogens is 634 g/mol. The molecule has 0 aromatic heterocycles. The van der Waals surface area contributed by atoms with Crippen molar-refractivity contribution in [3.63, 3.8) is 0 Å². The summed E-state index contributed by atoms with van der Waals surface area (Å²) >= 11 is 0. The molecule has 5 bridgehead atoms. The predicted octanol–water partition coefficient (Wildman–Crippen LogP) is 5.05. The molecule has 0 fully saturated rings. The first kappa shape index (κ1) is 37.4. The van der Waals surface area contributed by atoms with Crippen molar-refractivity contribution in [2.45, 2.75) is 85.6 Å². The van der Waals surface area contributed by atoms with Crippen LogP contribution in [-0.4, -0.2) is 75.4 Å². The number of carbonyl (C=O) groups excluding carboxylic acids is 3. The molecule has 3 aliphatic rings. The summed E-state index contributed by atoms with van der Waals surface area (Å²) in [4.78, 5) is 39.2. The molecule has 0 aliphatic carbocycles. The molecule has 2 aromatic rings. The number of aliphatic hydroxyl groups excluding tert-OH is 2. The maximum absolute atomic E-state index is 13.9. The summed E-state index contributed by atoms with van der Waals surface area (Å²) in [6, 6.07) is 2.92. The molecule has 3 aliphatic heterocycles. The van der Waals surface area contributed by atoms with E-state index < -0.39 is 77.3 Å². The number of ether oxygens (including phenoxy) is 4. The normalized spacial score (nSPS) is 33.7. The lowest BCUT2D eigenvalue weighted by Gasteiger charge is -2.38. The fraction of sp³-hybridized carbons (Fsp3) is 0.486. The Morgan fingerprint density at radius 1 is 0.959 bits per heavy atom. The van der Waals surface area contributed by atoms with Crippen LogP contribution in [0.25, 0.3) is 10.8 Å². The van der Waals surface area contributed by atoms with Crippen LogP contribution < -0.4 is 10.1 Å². The van der Waals surface area contributed by atoms with E-state index in [4.69, 9.17) is 18.9 Å². The first-order valence-corrected chi connectivity index (χ1v) is 16.3. The van der Waals surface area contributed by atoms with Crippen molar-refractivity contribution in [1.29, 1.82) is 0 Å². The number of aliphatic hydroxyl groups is 2. The molecule has 0 radical (unpaired) electrons. The number of hydrogen-bond acceptors (Lipinski definition) is 11. The first-order valence-electron chi connectivity index (χ1n) is 16.3. The van der Waals surface area contributed by atoms with E-state index in [0.29, 0.717) is 0 Å². The zero-order valence-corrected chi connectivity index (χ0v) is 29.3. The number of allylic oxidation sites excluding steroid dienone is 2. The highest BCUT2D eigenvalue weighted by Gasteiger charge is 2.49. The van der Waals surface area contributed by atoms with E-state index in [0.717, 1.165) is 0 Å². The zero-order chi connectivity index (χ0) is 36.5. The fourth-order valence-corrected chi connectivity index (χ4v) is 6.57. The van der Waals surface area contributed by atoms with E-state index in [2.05, 4.69) is 5.32 Å². The number of fused-ring (bicyclic) bond motifs is 14. The Morgan fingerprint density at radius 3 is 2.27 bits per heavy atom. The van der Waals surface area contributed by atoms with Crippen LogP contribution in [0.2, 0.25) is 0 Å². The van der Waals surface area contributed by atoms with Crippen molar-refractivity contribution >= 4 is 34.1 Å². The minimum absolute atomic E-state index is 0.0131. The van der Waals surface area contributed by atoms with Crippen LogP contribution in [0.5, 0.6) is 17.2 Å². The largest absolute Gasteiger partial charge is 0.507 e. The number of methoxy groups -OCH3 is 1. The number of ketones is 1. The Morgan fingerprint density at radius 2 is 1.63 bits per heavy atom. The molecule has 5 rings (SSSR count). The van der Waals surface area contributed by atoms with Crippen LogP contribution in [0.1, 0.15) is 64.4 Å². The van der Waals surface area contributed by atoms with Gasteiger partial charge >= 0.3 is 11.8 Å². The van der Waals surface area contributed by atoms with Crippen molar-refractivity contribution in [3.8, 4) is 17.2 Å². The number of benzene rings is 2. The number of phenols is 2. The topological polar surface area (TPSA) is 181 Å². The molecule has 9 atom stereocenters. The monoisotopic (exact) mass is 681 g/mol. The quantitative estimate of drug-likeness (QED) is 0.211. The molecule has 266 valence electrons. The Kier molecular flexibility index (Phi) is 11.2. The van der Waals surface area contributed by atoms with Crippen molar-refractivity contribution in [1.82, 2.24) is 0 Å². The van der Waals surface area contributed by atoms with Gasteiger partial charge in [0.1, 0.15) is 17.6 Å². The number of aromatic hydroxyl groups is 2. The van der Waals surface area contributed by atoms with Crippen LogP contribution in [0.15, 0.2) is 48.3 Å². The molecule has 3 heterocycles. The second-order valence-electron chi connectivity index (χ2n) is 13.3. The third kappa shape index (κ3) is 7.17. The second kappa shape index (κ2) is 14.6. The third-order valence-electron chi connectivity index (χ3n) is 9.76. The number of phenolic OH excluding ortho intramolecular Hbond substituents is 2. The fourth-order valence-electron chi connectivity index (χ4n) is 6.57. The van der Waals surface area contributed by atoms with Gasteiger partial charge in [-0.15, -0.1) is 0 Å². The molecule has 5 N–H and O–H groups in total.